The summed E-state index contributed by atoms with van der Waals surface area (Å²) in [4.78, 5) is 13.7. The summed E-state index contributed by atoms with van der Waals surface area (Å²) in [5, 5.41) is 92.3. The fourth-order valence-corrected chi connectivity index (χ4v) is 10.1. The molecule has 5 aliphatic heterocycles. The zero-order chi connectivity index (χ0) is 46.7. The van der Waals surface area contributed by atoms with Crippen LogP contribution in [0, 0.1) is 29.6 Å². The van der Waals surface area contributed by atoms with E-state index in [-0.39, 0.29) is 43.6 Å². The SMILES string of the molecule is CCC(O)CC1OC2(CCC1C)CC1OC(=O)/C=C\C(C)(O)C(O)C(C)C(O)C(OC3CC(OC)C(O)C(C)O3)C(O)C(C)(O)CCC/C=C\C3CC(C)COC3(O)CC(O2)C1C. The average molecular weight is 901 g/mol. The highest BCUT2D eigenvalue weighted by Gasteiger charge is 2.55. The molecular weight excluding hydrogens is 821 g/mol. The first-order valence-corrected chi connectivity index (χ1v) is 23.4. The van der Waals surface area contributed by atoms with E-state index in [0.29, 0.717) is 45.1 Å². The molecule has 4 fully saturated rings. The lowest BCUT2D eigenvalue weighted by Crippen LogP contribution is -2.59. The van der Waals surface area contributed by atoms with Gasteiger partial charge in [0.2, 0.25) is 0 Å². The molecule has 0 saturated carbocycles. The van der Waals surface area contributed by atoms with Crippen LogP contribution in [-0.4, -0.2) is 157 Å². The first-order valence-electron chi connectivity index (χ1n) is 23.4. The molecule has 21 unspecified atom stereocenters. The van der Waals surface area contributed by atoms with Crippen molar-refractivity contribution in [1.29, 1.82) is 0 Å². The van der Waals surface area contributed by atoms with Crippen LogP contribution in [0.15, 0.2) is 24.3 Å². The van der Waals surface area contributed by atoms with Crippen molar-refractivity contribution in [3.05, 3.63) is 24.3 Å². The van der Waals surface area contributed by atoms with Crippen molar-refractivity contribution in [1.82, 2.24) is 0 Å². The molecule has 5 aliphatic rings. The smallest absolute Gasteiger partial charge is 0.330 e. The molecule has 16 heteroatoms. The minimum Gasteiger partial charge on any atom is -0.459 e. The normalized spacial score (nSPS) is 50.3. The van der Waals surface area contributed by atoms with Crippen molar-refractivity contribution in [2.24, 2.45) is 29.6 Å². The lowest BCUT2D eigenvalue weighted by Gasteiger charge is -2.53. The molecule has 21 atom stereocenters. The zero-order valence-electron chi connectivity index (χ0n) is 39.0. The van der Waals surface area contributed by atoms with Gasteiger partial charge in [0.15, 0.2) is 17.9 Å². The standard InChI is InChI=1S/C47H80O16/c1-10-32(48)21-33-27(3)15-19-46(62-33)23-35-28(4)36(63-46)24-47(56)31(20-26(2)25-58-47)14-12-11-13-17-44(7,54)43(53)41(61-38-22-34(57-9)40(51)30(6)59-38)39(50)29(5)42(52)45(8,55)18-16-37(49)60-35/h12,14,16,18,26-36,38-43,48,50-56H,10-11,13,15,17,19-25H2,1-9H3/b14-12-,18-16-. The van der Waals surface area contributed by atoms with Gasteiger partial charge >= 0.3 is 5.97 Å². The number of hydrogen-bond acceptors (Lipinski definition) is 16. The lowest BCUT2D eigenvalue weighted by molar-refractivity contribution is -0.362. The van der Waals surface area contributed by atoms with E-state index in [1.807, 2.05) is 32.9 Å². The molecule has 0 aromatic carbocycles. The van der Waals surface area contributed by atoms with Gasteiger partial charge in [-0.1, -0.05) is 46.8 Å². The van der Waals surface area contributed by atoms with Crippen molar-refractivity contribution >= 4 is 5.97 Å². The predicted molar refractivity (Wildman–Crippen MR) is 229 cm³/mol. The second kappa shape index (κ2) is 21.6. The van der Waals surface area contributed by atoms with E-state index in [1.54, 1.807) is 6.92 Å². The van der Waals surface area contributed by atoms with E-state index in [9.17, 15) is 45.6 Å². The van der Waals surface area contributed by atoms with Crippen molar-refractivity contribution in [3.63, 3.8) is 0 Å². The highest BCUT2D eigenvalue weighted by Crippen LogP contribution is 2.48. The van der Waals surface area contributed by atoms with Gasteiger partial charge in [0.1, 0.15) is 30.0 Å². The van der Waals surface area contributed by atoms with E-state index in [4.69, 9.17) is 33.2 Å². The van der Waals surface area contributed by atoms with E-state index < -0.39 is 114 Å². The van der Waals surface area contributed by atoms with Gasteiger partial charge in [-0.2, -0.15) is 0 Å². The van der Waals surface area contributed by atoms with Crippen LogP contribution in [0.3, 0.4) is 0 Å². The van der Waals surface area contributed by atoms with Crippen LogP contribution >= 0.6 is 0 Å². The Morgan fingerprint density at radius 1 is 0.905 bits per heavy atom. The summed E-state index contributed by atoms with van der Waals surface area (Å²) < 4.78 is 43.6. The maximum absolute atomic E-state index is 13.7. The lowest BCUT2D eigenvalue weighted by atomic mass is 9.77. The maximum atomic E-state index is 13.7. The van der Waals surface area contributed by atoms with Crippen molar-refractivity contribution < 1.29 is 78.8 Å². The molecule has 0 amide bonds. The molecule has 0 aromatic rings. The highest BCUT2D eigenvalue weighted by atomic mass is 16.7. The highest BCUT2D eigenvalue weighted by molar-refractivity contribution is 5.82. The minimum absolute atomic E-state index is 0.0294. The number of esters is 1. The van der Waals surface area contributed by atoms with Gasteiger partial charge in [-0.25, -0.2) is 4.79 Å². The zero-order valence-corrected chi connectivity index (χ0v) is 39.0. The molecule has 5 rings (SSSR count). The third-order valence-corrected chi connectivity index (χ3v) is 14.8. The van der Waals surface area contributed by atoms with Gasteiger partial charge < -0.3 is 74.0 Å². The molecule has 1 spiro atoms. The van der Waals surface area contributed by atoms with E-state index in [0.717, 1.165) is 18.6 Å². The van der Waals surface area contributed by atoms with Crippen LogP contribution in [0.2, 0.25) is 0 Å². The Morgan fingerprint density at radius 3 is 2.30 bits per heavy atom. The largest absolute Gasteiger partial charge is 0.459 e. The molecule has 5 heterocycles. The van der Waals surface area contributed by atoms with Gasteiger partial charge in [0.25, 0.3) is 0 Å². The number of aliphatic hydroxyl groups excluding tert-OH is 5. The number of allylic oxidation sites excluding steroid dienone is 1. The molecule has 364 valence electrons. The molecule has 16 nitrogen and oxygen atoms in total. The van der Waals surface area contributed by atoms with E-state index >= 15 is 0 Å². The Balaban J connectivity index is 1.49. The molecule has 4 saturated heterocycles. The average Bonchev–Trinajstić information content (AvgIpc) is 3.23. The number of carbonyl (C=O) groups excluding carboxylic acids is 1. The summed E-state index contributed by atoms with van der Waals surface area (Å²) in [6.07, 6.45) is -2.72. The van der Waals surface area contributed by atoms with Crippen LogP contribution in [0.5, 0.6) is 0 Å². The number of aliphatic hydroxyl groups is 8. The van der Waals surface area contributed by atoms with Gasteiger partial charge in [-0.3, -0.25) is 0 Å². The first-order chi connectivity index (χ1) is 29.4. The number of hydrogen-bond donors (Lipinski definition) is 8. The van der Waals surface area contributed by atoms with Gasteiger partial charge in [0.05, 0.1) is 54.9 Å². The number of fused-ring (bicyclic) bond motifs is 3. The quantitative estimate of drug-likeness (QED) is 0.141. The third-order valence-electron chi connectivity index (χ3n) is 14.8. The first kappa shape index (κ1) is 52.4. The maximum Gasteiger partial charge on any atom is 0.330 e. The second-order valence-corrected chi connectivity index (χ2v) is 20.2. The van der Waals surface area contributed by atoms with Crippen LogP contribution < -0.4 is 0 Å². The van der Waals surface area contributed by atoms with Gasteiger partial charge in [-0.15, -0.1) is 0 Å². The molecule has 0 aromatic heterocycles. The summed E-state index contributed by atoms with van der Waals surface area (Å²) in [5.74, 6) is -5.51. The molecule has 0 radical (unpaired) electrons. The Hall–Kier alpha value is -1.61. The fourth-order valence-electron chi connectivity index (χ4n) is 10.1. The topological polar surface area (TPSA) is 244 Å². The second-order valence-electron chi connectivity index (χ2n) is 20.2. The van der Waals surface area contributed by atoms with Crippen molar-refractivity contribution in [2.75, 3.05) is 13.7 Å². The van der Waals surface area contributed by atoms with Crippen LogP contribution in [0.1, 0.15) is 126 Å². The van der Waals surface area contributed by atoms with Crippen LogP contribution in [-0.2, 0) is 38.0 Å². The predicted octanol–water partition coefficient (Wildman–Crippen LogP) is 3.16. The Bertz CT molecular complexity index is 1520. The Morgan fingerprint density at radius 2 is 1.62 bits per heavy atom. The molecule has 8 N–H and O–H groups in total. The number of ether oxygens (including phenoxy) is 7. The fraction of sp³-hybridized carbons (Fsp3) is 0.894. The summed E-state index contributed by atoms with van der Waals surface area (Å²) in [6.45, 7) is 14.0. The Kier molecular flexibility index (Phi) is 17.9. The molecule has 0 aliphatic carbocycles. The van der Waals surface area contributed by atoms with Gasteiger partial charge in [0, 0.05) is 56.6 Å². The minimum atomic E-state index is -2.13. The van der Waals surface area contributed by atoms with Crippen LogP contribution in [0.25, 0.3) is 0 Å². The summed E-state index contributed by atoms with van der Waals surface area (Å²) in [6, 6.07) is 0. The summed E-state index contributed by atoms with van der Waals surface area (Å²) in [5.41, 5.74) is -3.97. The summed E-state index contributed by atoms with van der Waals surface area (Å²) >= 11 is 0. The van der Waals surface area contributed by atoms with E-state index in [1.165, 1.54) is 27.9 Å². The number of carbonyl (C=O) groups is 1. The number of methoxy groups -OCH3 is 1. The van der Waals surface area contributed by atoms with Crippen molar-refractivity contribution in [2.45, 2.75) is 222 Å². The van der Waals surface area contributed by atoms with Crippen LogP contribution in [0.4, 0.5) is 0 Å². The molecular formula is C47H80O16. The third kappa shape index (κ3) is 12.7. The molecule has 63 heavy (non-hydrogen) atoms. The Labute approximate surface area is 373 Å². The summed E-state index contributed by atoms with van der Waals surface area (Å²) in [7, 11) is 1.43. The monoisotopic (exact) mass is 901 g/mol. The molecule has 2 bridgehead atoms. The van der Waals surface area contributed by atoms with Gasteiger partial charge in [-0.05, 0) is 83.6 Å². The van der Waals surface area contributed by atoms with Crippen molar-refractivity contribution in [3.8, 4) is 0 Å². The van der Waals surface area contributed by atoms with E-state index in [2.05, 4.69) is 6.92 Å². The number of rotatable bonds is 6.